The van der Waals surface area contributed by atoms with Crippen LogP contribution in [-0.4, -0.2) is 36.3 Å². The number of nitrogens with zero attached hydrogens (tertiary/aromatic N) is 2. The quantitative estimate of drug-likeness (QED) is 0.725. The van der Waals surface area contributed by atoms with E-state index in [9.17, 15) is 9.59 Å². The highest BCUT2D eigenvalue weighted by molar-refractivity contribution is 9.11. The van der Waals surface area contributed by atoms with Crippen LogP contribution in [0.5, 0.6) is 0 Å². The number of allylic oxidation sites excluding steroid dienone is 3. The van der Waals surface area contributed by atoms with Gasteiger partial charge in [-0.05, 0) is 6.92 Å². The van der Waals surface area contributed by atoms with Gasteiger partial charge in [0.25, 0.3) is 5.91 Å². The fourth-order valence-corrected chi connectivity index (χ4v) is 2.49. The van der Waals surface area contributed by atoms with E-state index in [-0.39, 0.29) is 24.3 Å². The van der Waals surface area contributed by atoms with E-state index < -0.39 is 5.97 Å². The number of esters is 1. The van der Waals surface area contributed by atoms with Crippen LogP contribution in [-0.2, 0) is 14.3 Å². The van der Waals surface area contributed by atoms with Gasteiger partial charge in [0.2, 0.25) is 0 Å². The summed E-state index contributed by atoms with van der Waals surface area (Å²) in [5.74, 6) is -0.982. The number of hydrogen-bond donors (Lipinski definition) is 0. The number of halogens is 1. The maximum atomic E-state index is 12.2. The first-order valence-electron chi connectivity index (χ1n) is 5.51. The van der Waals surface area contributed by atoms with Crippen molar-refractivity contribution < 1.29 is 14.3 Å². The van der Waals surface area contributed by atoms with Crippen LogP contribution in [0.4, 0.5) is 0 Å². The van der Waals surface area contributed by atoms with Crippen LogP contribution in [0.1, 0.15) is 6.92 Å². The van der Waals surface area contributed by atoms with Crippen LogP contribution in [0, 0.1) is 11.8 Å². The first-order valence-corrected chi connectivity index (χ1v) is 6.31. The molecule has 0 saturated heterocycles. The molecule has 0 aromatic rings. The van der Waals surface area contributed by atoms with Gasteiger partial charge in [-0.1, -0.05) is 34.2 Å². The molecule has 1 heterocycles. The molecule has 18 heavy (non-hydrogen) atoms. The van der Waals surface area contributed by atoms with E-state index in [4.69, 9.17) is 0 Å². The number of rotatable bonds is 2. The number of hydrazone groups is 1. The highest BCUT2D eigenvalue weighted by Crippen LogP contribution is 2.31. The molecule has 96 valence electrons. The van der Waals surface area contributed by atoms with Crippen molar-refractivity contribution in [2.75, 3.05) is 13.7 Å². The molecule has 1 amide bonds. The van der Waals surface area contributed by atoms with Gasteiger partial charge in [0, 0.05) is 16.1 Å². The monoisotopic (exact) mass is 312 g/mol. The molecular formula is C12H13BrN2O3. The standard InChI is InChI=1S/C12H13BrN2O3/c1-7-9-4-3-8(13)5-10(9)12(17)15(14-7)6-11(16)18-2/h3-5,9-10H,6H2,1-2H3. The van der Waals surface area contributed by atoms with Gasteiger partial charge in [0.05, 0.1) is 13.0 Å². The van der Waals surface area contributed by atoms with Crippen LogP contribution < -0.4 is 0 Å². The zero-order valence-electron chi connectivity index (χ0n) is 10.1. The minimum atomic E-state index is -0.479. The molecule has 5 nitrogen and oxygen atoms in total. The molecule has 0 bridgehead atoms. The van der Waals surface area contributed by atoms with Crippen molar-refractivity contribution in [3.05, 3.63) is 22.7 Å². The number of methoxy groups -OCH3 is 1. The summed E-state index contributed by atoms with van der Waals surface area (Å²) in [6.45, 7) is 1.71. The summed E-state index contributed by atoms with van der Waals surface area (Å²) >= 11 is 3.35. The van der Waals surface area contributed by atoms with Gasteiger partial charge in [-0.3, -0.25) is 9.59 Å². The zero-order valence-corrected chi connectivity index (χ0v) is 11.7. The number of fused-ring (bicyclic) bond motifs is 1. The lowest BCUT2D eigenvalue weighted by Crippen LogP contribution is -2.45. The Morgan fingerprint density at radius 3 is 2.94 bits per heavy atom. The Kier molecular flexibility index (Phi) is 3.65. The van der Waals surface area contributed by atoms with E-state index in [1.54, 1.807) is 0 Å². The summed E-state index contributed by atoms with van der Waals surface area (Å²) in [6, 6.07) is 0. The molecular weight excluding hydrogens is 300 g/mol. The lowest BCUT2D eigenvalue weighted by Gasteiger charge is -2.32. The topological polar surface area (TPSA) is 59.0 Å². The molecule has 0 aromatic heterocycles. The van der Waals surface area contributed by atoms with Gasteiger partial charge >= 0.3 is 5.97 Å². The van der Waals surface area contributed by atoms with E-state index >= 15 is 0 Å². The van der Waals surface area contributed by atoms with Crippen LogP contribution in [0.3, 0.4) is 0 Å². The van der Waals surface area contributed by atoms with Crippen molar-refractivity contribution in [2.45, 2.75) is 6.92 Å². The third kappa shape index (κ3) is 2.38. The van der Waals surface area contributed by atoms with Gasteiger partial charge in [0.15, 0.2) is 0 Å². The second-order valence-electron chi connectivity index (χ2n) is 4.18. The Morgan fingerprint density at radius 1 is 1.56 bits per heavy atom. The third-order valence-electron chi connectivity index (χ3n) is 3.00. The maximum Gasteiger partial charge on any atom is 0.327 e. The average Bonchev–Trinajstić information content (AvgIpc) is 2.35. The van der Waals surface area contributed by atoms with Gasteiger partial charge in [-0.2, -0.15) is 5.10 Å². The number of amides is 1. The van der Waals surface area contributed by atoms with E-state index in [1.807, 2.05) is 25.2 Å². The van der Waals surface area contributed by atoms with Crippen molar-refractivity contribution in [3.63, 3.8) is 0 Å². The predicted molar refractivity (Wildman–Crippen MR) is 70.0 cm³/mol. The third-order valence-corrected chi connectivity index (χ3v) is 3.52. The molecule has 0 radical (unpaired) electrons. The van der Waals surface area contributed by atoms with E-state index in [0.29, 0.717) is 0 Å². The molecule has 2 unspecified atom stereocenters. The molecule has 0 spiro atoms. The normalized spacial score (nSPS) is 26.4. The molecule has 2 atom stereocenters. The first-order chi connectivity index (χ1) is 8.52. The lowest BCUT2D eigenvalue weighted by molar-refractivity contribution is -0.148. The highest BCUT2D eigenvalue weighted by Gasteiger charge is 2.37. The Morgan fingerprint density at radius 2 is 2.28 bits per heavy atom. The molecule has 0 N–H and O–H groups in total. The Bertz CT molecular complexity index is 482. The van der Waals surface area contributed by atoms with Gasteiger partial charge in [-0.25, -0.2) is 5.01 Å². The van der Waals surface area contributed by atoms with Crippen molar-refractivity contribution in [1.29, 1.82) is 0 Å². The second kappa shape index (κ2) is 5.06. The van der Waals surface area contributed by atoms with E-state index in [1.165, 1.54) is 12.1 Å². The van der Waals surface area contributed by atoms with Crippen LogP contribution in [0.25, 0.3) is 0 Å². The minimum Gasteiger partial charge on any atom is -0.468 e. The molecule has 6 heteroatoms. The minimum absolute atomic E-state index is 0.0207. The summed E-state index contributed by atoms with van der Waals surface area (Å²) in [5.41, 5.74) is 0.816. The van der Waals surface area contributed by atoms with Crippen LogP contribution >= 0.6 is 15.9 Å². The van der Waals surface area contributed by atoms with Crippen molar-refractivity contribution in [2.24, 2.45) is 16.9 Å². The molecule has 0 aromatic carbocycles. The summed E-state index contributed by atoms with van der Waals surface area (Å²) in [6.07, 6.45) is 5.69. The summed E-state index contributed by atoms with van der Waals surface area (Å²) < 4.78 is 5.42. The second-order valence-corrected chi connectivity index (χ2v) is 5.09. The molecule has 1 aliphatic carbocycles. The van der Waals surface area contributed by atoms with Crippen LogP contribution in [0.2, 0.25) is 0 Å². The Labute approximate surface area is 113 Å². The molecule has 2 rings (SSSR count). The fraction of sp³-hybridized carbons (Fsp3) is 0.417. The van der Waals surface area contributed by atoms with Crippen molar-refractivity contribution in [3.8, 4) is 0 Å². The molecule has 1 aliphatic heterocycles. The van der Waals surface area contributed by atoms with Gasteiger partial charge < -0.3 is 4.74 Å². The zero-order chi connectivity index (χ0) is 13.3. The first kappa shape index (κ1) is 13.0. The van der Waals surface area contributed by atoms with Crippen LogP contribution in [0.15, 0.2) is 27.8 Å². The van der Waals surface area contributed by atoms with E-state index in [0.717, 1.165) is 10.2 Å². The molecule has 2 aliphatic rings. The maximum absolute atomic E-state index is 12.2. The van der Waals surface area contributed by atoms with Gasteiger partial charge in [0.1, 0.15) is 6.54 Å². The molecule has 0 fully saturated rings. The summed E-state index contributed by atoms with van der Waals surface area (Å²) in [4.78, 5) is 23.4. The highest BCUT2D eigenvalue weighted by atomic mass is 79.9. The summed E-state index contributed by atoms with van der Waals surface area (Å²) in [5, 5.41) is 5.34. The SMILES string of the molecule is COC(=O)CN1N=C(C)C2C=CC(Br)=CC2C1=O. The average molecular weight is 313 g/mol. The van der Waals surface area contributed by atoms with Crippen molar-refractivity contribution >= 4 is 33.5 Å². The van der Waals surface area contributed by atoms with Gasteiger partial charge in [-0.15, -0.1) is 0 Å². The lowest BCUT2D eigenvalue weighted by atomic mass is 9.83. The summed E-state index contributed by atoms with van der Waals surface area (Å²) in [7, 11) is 1.29. The Balaban J connectivity index is 2.26. The fourth-order valence-electron chi connectivity index (χ4n) is 2.05. The van der Waals surface area contributed by atoms with Crippen molar-refractivity contribution in [1.82, 2.24) is 5.01 Å². The molecule has 0 saturated carbocycles. The smallest absolute Gasteiger partial charge is 0.327 e. The van der Waals surface area contributed by atoms with E-state index in [2.05, 4.69) is 25.8 Å². The number of hydrogen-bond acceptors (Lipinski definition) is 4. The number of carbonyl (C=O) groups excluding carboxylic acids is 2. The largest absolute Gasteiger partial charge is 0.468 e. The predicted octanol–water partition coefficient (Wildman–Crippen LogP) is 1.46. The number of ether oxygens (including phenoxy) is 1. The number of carbonyl (C=O) groups is 2. The Hall–Kier alpha value is -1.43.